The van der Waals surface area contributed by atoms with Gasteiger partial charge in [-0.2, -0.15) is 4.99 Å². The summed E-state index contributed by atoms with van der Waals surface area (Å²) in [7, 11) is 1.47. The van der Waals surface area contributed by atoms with Crippen LogP contribution in [0.3, 0.4) is 0 Å². The van der Waals surface area contributed by atoms with Crippen LogP contribution >= 0.6 is 0 Å². The van der Waals surface area contributed by atoms with Crippen LogP contribution in [-0.2, 0) is 0 Å². The lowest BCUT2D eigenvalue weighted by Crippen LogP contribution is -2.24. The van der Waals surface area contributed by atoms with Crippen molar-refractivity contribution in [2.45, 2.75) is 13.0 Å². The van der Waals surface area contributed by atoms with Gasteiger partial charge in [-0.1, -0.05) is 6.07 Å². The number of amides is 1. The third-order valence-corrected chi connectivity index (χ3v) is 3.93. The molecule has 7 heteroatoms. The summed E-state index contributed by atoms with van der Waals surface area (Å²) in [5.41, 5.74) is 12.2. The van der Waals surface area contributed by atoms with Crippen molar-refractivity contribution in [1.29, 1.82) is 0 Å². The minimum atomic E-state index is -0.591. The van der Waals surface area contributed by atoms with Gasteiger partial charge in [-0.05, 0) is 48.9 Å². The van der Waals surface area contributed by atoms with Crippen molar-refractivity contribution in [2.75, 3.05) is 7.11 Å². The number of ether oxygens (including phenoxy) is 2. The Morgan fingerprint density at radius 2 is 2.04 bits per heavy atom. The van der Waals surface area contributed by atoms with Gasteiger partial charge in [-0.3, -0.25) is 4.79 Å². The van der Waals surface area contributed by atoms with E-state index in [2.05, 4.69) is 4.99 Å². The van der Waals surface area contributed by atoms with Crippen LogP contribution in [0.2, 0.25) is 0 Å². The molecule has 134 valence electrons. The fraction of sp³-hybridized carbons (Fsp3) is 0.158. The molecule has 0 fully saturated rings. The molecule has 26 heavy (non-hydrogen) atoms. The fourth-order valence-corrected chi connectivity index (χ4v) is 2.87. The average molecular weight is 355 g/mol. The highest BCUT2D eigenvalue weighted by Gasteiger charge is 2.25. The summed E-state index contributed by atoms with van der Waals surface area (Å²) >= 11 is 0. The van der Waals surface area contributed by atoms with Crippen LogP contribution in [0.1, 0.15) is 28.4 Å². The molecule has 1 atom stereocenters. The summed E-state index contributed by atoms with van der Waals surface area (Å²) in [6.07, 6.45) is 1.50. The van der Waals surface area contributed by atoms with Gasteiger partial charge < -0.3 is 20.9 Å². The van der Waals surface area contributed by atoms with Gasteiger partial charge >= 0.3 is 0 Å². The van der Waals surface area contributed by atoms with E-state index in [-0.39, 0.29) is 17.6 Å². The number of hydrogen-bond acceptors (Lipinski definition) is 3. The molecule has 0 radical (unpaired) electrons. The Morgan fingerprint density at radius 3 is 2.73 bits per heavy atom. The summed E-state index contributed by atoms with van der Waals surface area (Å²) < 4.78 is 25.7. The van der Waals surface area contributed by atoms with Crippen LogP contribution in [0.25, 0.3) is 5.57 Å². The van der Waals surface area contributed by atoms with Crippen molar-refractivity contribution in [3.8, 4) is 11.5 Å². The van der Waals surface area contributed by atoms with Gasteiger partial charge in [0.25, 0.3) is 5.91 Å². The molecular weight excluding hydrogens is 337 g/mol. The van der Waals surface area contributed by atoms with Crippen molar-refractivity contribution in [2.24, 2.45) is 16.5 Å². The third-order valence-electron chi connectivity index (χ3n) is 3.93. The van der Waals surface area contributed by atoms with E-state index >= 15 is 0 Å². The van der Waals surface area contributed by atoms with E-state index in [0.717, 1.165) is 0 Å². The Labute approximate surface area is 149 Å². The Kier molecular flexibility index (Phi) is 4.62. The zero-order chi connectivity index (χ0) is 18.8. The van der Waals surface area contributed by atoms with E-state index in [0.29, 0.717) is 28.2 Å². The highest BCUT2D eigenvalue weighted by Crippen LogP contribution is 2.41. The predicted molar refractivity (Wildman–Crippen MR) is 96.7 cm³/mol. The van der Waals surface area contributed by atoms with E-state index in [4.69, 9.17) is 20.9 Å². The van der Waals surface area contributed by atoms with Gasteiger partial charge in [0.05, 0.1) is 12.7 Å². The number of methoxy groups -OCH3 is 1. The first-order chi connectivity index (χ1) is 12.4. The van der Waals surface area contributed by atoms with Crippen LogP contribution in [0, 0.1) is 5.82 Å². The van der Waals surface area contributed by atoms with Crippen LogP contribution in [0.4, 0.5) is 4.39 Å². The van der Waals surface area contributed by atoms with Gasteiger partial charge in [-0.15, -0.1) is 0 Å². The number of aliphatic imine (C=N–C) groups is 1. The number of nitrogens with zero attached hydrogens (tertiary/aromatic N) is 1. The van der Waals surface area contributed by atoms with E-state index in [9.17, 15) is 9.18 Å². The summed E-state index contributed by atoms with van der Waals surface area (Å²) in [6.45, 7) is 1.84. The monoisotopic (exact) mass is 355 g/mol. The Balaban J connectivity index is 2.18. The Morgan fingerprint density at radius 1 is 1.27 bits per heavy atom. The summed E-state index contributed by atoms with van der Waals surface area (Å²) in [5.74, 6) is -0.439. The molecule has 6 nitrogen and oxygen atoms in total. The quantitative estimate of drug-likeness (QED) is 0.651. The SMILES string of the molecule is COc1cccc(F)c1C1=CC(C)Oc2ccc(C(=O)N=C(N)N)cc21. The second-order valence-electron chi connectivity index (χ2n) is 5.77. The lowest BCUT2D eigenvalue weighted by Gasteiger charge is -2.25. The predicted octanol–water partition coefficient (Wildman–Crippen LogP) is 2.46. The smallest absolute Gasteiger partial charge is 0.280 e. The van der Waals surface area contributed by atoms with E-state index in [1.807, 2.05) is 6.92 Å². The second-order valence-corrected chi connectivity index (χ2v) is 5.77. The van der Waals surface area contributed by atoms with Gasteiger partial charge in [0.15, 0.2) is 5.96 Å². The topological polar surface area (TPSA) is 99.9 Å². The first-order valence-electron chi connectivity index (χ1n) is 7.90. The molecule has 0 bridgehead atoms. The minimum absolute atomic E-state index is 0.261. The molecule has 0 saturated heterocycles. The number of halogens is 1. The number of carbonyl (C=O) groups excluding carboxylic acids is 1. The maximum Gasteiger partial charge on any atom is 0.280 e. The molecule has 1 unspecified atom stereocenters. The zero-order valence-corrected chi connectivity index (χ0v) is 14.3. The number of guanidine groups is 1. The number of hydrogen-bond donors (Lipinski definition) is 2. The van der Waals surface area contributed by atoms with Crippen LogP contribution in [0.15, 0.2) is 47.5 Å². The summed E-state index contributed by atoms with van der Waals surface area (Å²) in [5, 5.41) is 0. The fourth-order valence-electron chi connectivity index (χ4n) is 2.87. The lowest BCUT2D eigenvalue weighted by atomic mass is 9.91. The highest BCUT2D eigenvalue weighted by atomic mass is 19.1. The van der Waals surface area contributed by atoms with Gasteiger partial charge in [0.2, 0.25) is 0 Å². The highest BCUT2D eigenvalue weighted by molar-refractivity contribution is 6.03. The number of fused-ring (bicyclic) bond motifs is 1. The van der Waals surface area contributed by atoms with E-state index in [1.54, 1.807) is 36.4 Å². The van der Waals surface area contributed by atoms with Crippen molar-refractivity contribution < 1.29 is 18.7 Å². The van der Waals surface area contributed by atoms with Crippen molar-refractivity contribution >= 4 is 17.4 Å². The van der Waals surface area contributed by atoms with Crippen molar-refractivity contribution in [1.82, 2.24) is 0 Å². The first-order valence-corrected chi connectivity index (χ1v) is 7.90. The standard InChI is InChI=1S/C19H18FN3O3/c1-10-8-13(17-14(20)4-3-5-16(17)25-2)12-9-11(6-7-15(12)26-10)18(24)23-19(21)22/h3-10H,1-2H3,(H4,21,22,23,24). The number of carbonyl (C=O) groups is 1. The average Bonchev–Trinajstić information content (AvgIpc) is 2.59. The Hall–Kier alpha value is -3.35. The number of nitrogens with two attached hydrogens (primary N) is 2. The molecule has 1 aliphatic rings. The van der Waals surface area contributed by atoms with Gasteiger partial charge in [-0.25, -0.2) is 4.39 Å². The lowest BCUT2D eigenvalue weighted by molar-refractivity contribution is 0.100. The van der Waals surface area contributed by atoms with E-state index < -0.39 is 11.7 Å². The summed E-state index contributed by atoms with van der Waals surface area (Å²) in [6, 6.07) is 9.37. The molecule has 1 heterocycles. The summed E-state index contributed by atoms with van der Waals surface area (Å²) in [4.78, 5) is 15.7. The van der Waals surface area contributed by atoms with Gasteiger partial charge in [0.1, 0.15) is 23.4 Å². The van der Waals surface area contributed by atoms with Crippen LogP contribution < -0.4 is 20.9 Å². The largest absolute Gasteiger partial charge is 0.496 e. The molecule has 3 rings (SSSR count). The van der Waals surface area contributed by atoms with Crippen molar-refractivity contribution in [3.05, 3.63) is 65.0 Å². The second kappa shape index (κ2) is 6.87. The Bertz CT molecular complexity index is 934. The molecule has 0 aromatic heterocycles. The molecule has 0 spiro atoms. The van der Waals surface area contributed by atoms with E-state index in [1.165, 1.54) is 13.2 Å². The number of rotatable bonds is 3. The minimum Gasteiger partial charge on any atom is -0.496 e. The maximum atomic E-state index is 14.6. The van der Waals surface area contributed by atoms with Crippen molar-refractivity contribution in [3.63, 3.8) is 0 Å². The molecular formula is C19H18FN3O3. The maximum absolute atomic E-state index is 14.6. The molecule has 4 N–H and O–H groups in total. The molecule has 1 aliphatic heterocycles. The van der Waals surface area contributed by atoms with Gasteiger partial charge in [0, 0.05) is 11.1 Å². The number of benzene rings is 2. The third kappa shape index (κ3) is 3.23. The first kappa shape index (κ1) is 17.5. The molecule has 0 aliphatic carbocycles. The molecule has 0 saturated carbocycles. The molecule has 2 aromatic rings. The van der Waals surface area contributed by atoms with Crippen LogP contribution in [-0.4, -0.2) is 25.1 Å². The normalized spacial score (nSPS) is 15.3. The molecule has 2 aromatic carbocycles. The molecule has 1 amide bonds. The zero-order valence-electron chi connectivity index (χ0n) is 14.3. The van der Waals surface area contributed by atoms with Crippen LogP contribution in [0.5, 0.6) is 11.5 Å².